The van der Waals surface area contributed by atoms with Crippen molar-refractivity contribution in [2.75, 3.05) is 13.2 Å². The molecule has 0 aliphatic carbocycles. The van der Waals surface area contributed by atoms with Gasteiger partial charge in [-0.3, -0.25) is 14.4 Å². The standard InChI is InChI=1S/C56H98O6/c1-4-7-10-13-16-19-22-25-27-28-29-32-34-37-40-43-46-49-55(58)61-52-53(51-60-54(57)48-45-42-39-36-33-30-24-21-18-15-12-9-6-3)62-56(59)50-47-44-41-38-35-31-26-23-20-17-14-11-8-5-2/h7,10,16,19,23,25-27,29,32,53H,4-6,8-9,11-15,17-18,20-22,24,28,30-31,33-52H2,1-3H3/b10-7-,19-16-,26-23-,27-25-,32-29-. The predicted molar refractivity (Wildman–Crippen MR) is 265 cm³/mol. The highest BCUT2D eigenvalue weighted by atomic mass is 16.6. The van der Waals surface area contributed by atoms with E-state index in [1.807, 2.05) is 0 Å². The molecule has 1 unspecified atom stereocenters. The molecule has 6 heteroatoms. The number of allylic oxidation sites excluding steroid dienone is 10. The molecule has 0 aliphatic heterocycles. The van der Waals surface area contributed by atoms with Crippen molar-refractivity contribution in [1.82, 2.24) is 0 Å². The van der Waals surface area contributed by atoms with E-state index in [2.05, 4.69) is 81.5 Å². The SMILES string of the molecule is CC/C=C\C/C=C\C/C=C\C/C=C\CCCCCCC(=O)OCC(COC(=O)CCCCCCCCCCCCCCC)OC(=O)CCCCCCC/C=C\CCCCCCC. The first-order valence-corrected chi connectivity index (χ1v) is 26.3. The number of carbonyl (C=O) groups is 3. The van der Waals surface area contributed by atoms with E-state index in [4.69, 9.17) is 14.2 Å². The molecule has 1 atom stereocenters. The van der Waals surface area contributed by atoms with E-state index in [0.717, 1.165) is 109 Å². The zero-order chi connectivity index (χ0) is 45.1. The van der Waals surface area contributed by atoms with Gasteiger partial charge in [0.15, 0.2) is 6.10 Å². The van der Waals surface area contributed by atoms with Crippen LogP contribution in [0, 0.1) is 0 Å². The van der Waals surface area contributed by atoms with Gasteiger partial charge in [0, 0.05) is 19.3 Å². The summed E-state index contributed by atoms with van der Waals surface area (Å²) in [5.41, 5.74) is 0. The quantitative estimate of drug-likeness (QED) is 0.0262. The third-order valence-electron chi connectivity index (χ3n) is 11.3. The lowest BCUT2D eigenvalue weighted by Gasteiger charge is -2.18. The number of unbranched alkanes of at least 4 members (excludes halogenated alkanes) is 26. The Labute approximate surface area is 383 Å². The lowest BCUT2D eigenvalue weighted by molar-refractivity contribution is -0.167. The van der Waals surface area contributed by atoms with E-state index >= 15 is 0 Å². The Morgan fingerprint density at radius 2 is 0.629 bits per heavy atom. The van der Waals surface area contributed by atoms with Crippen LogP contribution in [0.15, 0.2) is 60.8 Å². The Morgan fingerprint density at radius 1 is 0.339 bits per heavy atom. The van der Waals surface area contributed by atoms with Crippen molar-refractivity contribution in [2.24, 2.45) is 0 Å². The molecular weight excluding hydrogens is 769 g/mol. The zero-order valence-electron chi connectivity index (χ0n) is 40.9. The maximum atomic E-state index is 12.8. The molecule has 0 aromatic heterocycles. The minimum absolute atomic E-state index is 0.0835. The lowest BCUT2D eigenvalue weighted by Crippen LogP contribution is -2.30. The van der Waals surface area contributed by atoms with Gasteiger partial charge in [0.1, 0.15) is 13.2 Å². The van der Waals surface area contributed by atoms with E-state index in [0.29, 0.717) is 19.3 Å². The van der Waals surface area contributed by atoms with Crippen LogP contribution in [0.4, 0.5) is 0 Å². The Hall–Kier alpha value is -2.89. The second-order valence-electron chi connectivity index (χ2n) is 17.4. The van der Waals surface area contributed by atoms with Crippen molar-refractivity contribution in [2.45, 2.75) is 264 Å². The van der Waals surface area contributed by atoms with E-state index in [1.54, 1.807) is 0 Å². The van der Waals surface area contributed by atoms with Crippen LogP contribution in [-0.4, -0.2) is 37.2 Å². The first-order chi connectivity index (χ1) is 30.5. The fourth-order valence-electron chi connectivity index (χ4n) is 7.31. The van der Waals surface area contributed by atoms with Gasteiger partial charge in [-0.1, -0.05) is 216 Å². The Bertz CT molecular complexity index is 1130. The van der Waals surface area contributed by atoms with Crippen molar-refractivity contribution < 1.29 is 28.6 Å². The fourth-order valence-corrected chi connectivity index (χ4v) is 7.31. The number of hydrogen-bond acceptors (Lipinski definition) is 6. The van der Waals surface area contributed by atoms with Crippen LogP contribution in [0.5, 0.6) is 0 Å². The summed E-state index contributed by atoms with van der Waals surface area (Å²) in [7, 11) is 0. The van der Waals surface area contributed by atoms with Crippen LogP contribution < -0.4 is 0 Å². The van der Waals surface area contributed by atoms with Crippen LogP contribution in [0.2, 0.25) is 0 Å². The highest BCUT2D eigenvalue weighted by molar-refractivity contribution is 5.71. The van der Waals surface area contributed by atoms with Gasteiger partial charge in [0.25, 0.3) is 0 Å². The van der Waals surface area contributed by atoms with Gasteiger partial charge >= 0.3 is 17.9 Å². The summed E-state index contributed by atoms with van der Waals surface area (Å²) in [5, 5.41) is 0. The molecule has 0 saturated carbocycles. The van der Waals surface area contributed by atoms with Crippen molar-refractivity contribution in [3.05, 3.63) is 60.8 Å². The van der Waals surface area contributed by atoms with E-state index < -0.39 is 6.10 Å². The summed E-state index contributed by atoms with van der Waals surface area (Å²) >= 11 is 0. The molecule has 0 saturated heterocycles. The summed E-state index contributed by atoms with van der Waals surface area (Å²) in [4.78, 5) is 38.0. The normalized spacial score (nSPS) is 12.5. The van der Waals surface area contributed by atoms with Gasteiger partial charge in [-0.05, 0) is 83.5 Å². The van der Waals surface area contributed by atoms with E-state index in [9.17, 15) is 14.4 Å². The molecule has 0 bridgehead atoms. The molecule has 6 nitrogen and oxygen atoms in total. The number of carbonyl (C=O) groups excluding carboxylic acids is 3. The molecule has 0 aromatic carbocycles. The van der Waals surface area contributed by atoms with Gasteiger partial charge < -0.3 is 14.2 Å². The van der Waals surface area contributed by atoms with Crippen molar-refractivity contribution in [1.29, 1.82) is 0 Å². The monoisotopic (exact) mass is 867 g/mol. The molecule has 62 heavy (non-hydrogen) atoms. The van der Waals surface area contributed by atoms with E-state index in [1.165, 1.54) is 109 Å². The lowest BCUT2D eigenvalue weighted by atomic mass is 10.0. The summed E-state index contributed by atoms with van der Waals surface area (Å²) in [6.07, 6.45) is 62.0. The summed E-state index contributed by atoms with van der Waals surface area (Å²) in [5.74, 6) is -0.911. The topological polar surface area (TPSA) is 78.9 Å². The molecule has 358 valence electrons. The smallest absolute Gasteiger partial charge is 0.306 e. The number of esters is 3. The second-order valence-corrected chi connectivity index (χ2v) is 17.4. The molecule has 0 radical (unpaired) electrons. The van der Waals surface area contributed by atoms with E-state index in [-0.39, 0.29) is 31.1 Å². The largest absolute Gasteiger partial charge is 0.462 e. The average Bonchev–Trinajstić information content (AvgIpc) is 3.27. The maximum Gasteiger partial charge on any atom is 0.306 e. The second kappa shape index (κ2) is 50.8. The van der Waals surface area contributed by atoms with Crippen LogP contribution in [-0.2, 0) is 28.6 Å². The Balaban J connectivity index is 4.42. The highest BCUT2D eigenvalue weighted by Gasteiger charge is 2.19. The van der Waals surface area contributed by atoms with Crippen molar-refractivity contribution >= 4 is 17.9 Å². The molecule has 0 spiro atoms. The summed E-state index contributed by atoms with van der Waals surface area (Å²) in [6, 6.07) is 0. The minimum Gasteiger partial charge on any atom is -0.462 e. The molecule has 0 rings (SSSR count). The van der Waals surface area contributed by atoms with Crippen LogP contribution in [0.25, 0.3) is 0 Å². The molecule has 0 aromatic rings. The predicted octanol–water partition coefficient (Wildman–Crippen LogP) is 17.3. The molecule has 0 aliphatic rings. The summed E-state index contributed by atoms with van der Waals surface area (Å²) < 4.78 is 16.8. The highest BCUT2D eigenvalue weighted by Crippen LogP contribution is 2.15. The number of ether oxygens (including phenoxy) is 3. The van der Waals surface area contributed by atoms with Crippen molar-refractivity contribution in [3.8, 4) is 0 Å². The Morgan fingerprint density at radius 3 is 1.00 bits per heavy atom. The summed E-state index contributed by atoms with van der Waals surface area (Å²) in [6.45, 7) is 6.50. The fraction of sp³-hybridized carbons (Fsp3) is 0.768. The van der Waals surface area contributed by atoms with Gasteiger partial charge in [-0.15, -0.1) is 0 Å². The first-order valence-electron chi connectivity index (χ1n) is 26.3. The minimum atomic E-state index is -0.786. The van der Waals surface area contributed by atoms with Crippen molar-refractivity contribution in [3.63, 3.8) is 0 Å². The first kappa shape index (κ1) is 59.1. The van der Waals surface area contributed by atoms with Gasteiger partial charge in [-0.25, -0.2) is 0 Å². The molecule has 0 heterocycles. The van der Waals surface area contributed by atoms with Gasteiger partial charge in [-0.2, -0.15) is 0 Å². The molecular formula is C56H98O6. The van der Waals surface area contributed by atoms with Crippen LogP contribution in [0.1, 0.15) is 258 Å². The maximum absolute atomic E-state index is 12.8. The number of hydrogen-bond donors (Lipinski definition) is 0. The molecule has 0 amide bonds. The number of rotatable bonds is 47. The van der Waals surface area contributed by atoms with Gasteiger partial charge in [0.05, 0.1) is 0 Å². The molecule has 0 N–H and O–H groups in total. The van der Waals surface area contributed by atoms with Crippen LogP contribution in [0.3, 0.4) is 0 Å². The average molecular weight is 867 g/mol. The Kier molecular flexibility index (Phi) is 48.4. The third kappa shape index (κ3) is 48.1. The zero-order valence-corrected chi connectivity index (χ0v) is 40.9. The third-order valence-corrected chi connectivity index (χ3v) is 11.3. The van der Waals surface area contributed by atoms with Crippen LogP contribution >= 0.6 is 0 Å². The molecule has 0 fully saturated rings. The van der Waals surface area contributed by atoms with Gasteiger partial charge in [0.2, 0.25) is 0 Å².